The fraction of sp³-hybridized carbons (Fsp3) is 1.00. The normalized spacial score (nSPS) is 15.1. The van der Waals surface area contributed by atoms with Crippen LogP contribution in [0.15, 0.2) is 0 Å². The third kappa shape index (κ3) is 2.36. The van der Waals surface area contributed by atoms with Crippen LogP contribution in [0.25, 0.3) is 0 Å². The molecule has 0 aliphatic carbocycles. The molecule has 0 aromatic heterocycles. The van der Waals surface area contributed by atoms with Crippen molar-refractivity contribution in [3.8, 4) is 0 Å². The van der Waals surface area contributed by atoms with E-state index >= 15 is 0 Å². The van der Waals surface area contributed by atoms with Gasteiger partial charge < -0.3 is 0 Å². The zero-order valence-corrected chi connectivity index (χ0v) is 10.8. The second-order valence-electron chi connectivity index (χ2n) is 3.24. The van der Waals surface area contributed by atoms with E-state index in [1.807, 2.05) is 0 Å². The summed E-state index contributed by atoms with van der Waals surface area (Å²) in [6, 6.07) is 0. The molecular formula is C6H19BrN3P. The summed E-state index contributed by atoms with van der Waals surface area (Å²) in [5, 5.41) is 0. The first-order chi connectivity index (χ1) is 4.83. The summed E-state index contributed by atoms with van der Waals surface area (Å²) in [5.41, 5.74) is 0. The molecule has 0 aliphatic rings. The average molecular weight is 244 g/mol. The van der Waals surface area contributed by atoms with Gasteiger partial charge in [0.1, 0.15) is 0 Å². The third-order valence-corrected chi connectivity index (χ3v) is 11.5. The van der Waals surface area contributed by atoms with Gasteiger partial charge >= 0.3 is 78.2 Å². The average Bonchev–Trinajstić information content (AvgIpc) is 1.84. The standard InChI is InChI=1S/C6H19BrN3P/c1-8(2)11(7,9(3)4)10(5)6/h11H,1-6H3. The predicted octanol–water partition coefficient (Wildman–Crippen LogP) is 1.48. The van der Waals surface area contributed by atoms with E-state index in [0.717, 1.165) is 0 Å². The number of halogens is 1. The molecule has 0 aromatic carbocycles. The van der Waals surface area contributed by atoms with Gasteiger partial charge in [-0.25, -0.2) is 0 Å². The van der Waals surface area contributed by atoms with Crippen LogP contribution in [-0.4, -0.2) is 56.3 Å². The second kappa shape index (κ2) is 4.15. The molecule has 0 spiro atoms. The van der Waals surface area contributed by atoms with Crippen LogP contribution in [0.5, 0.6) is 0 Å². The van der Waals surface area contributed by atoms with Gasteiger partial charge in [-0.1, -0.05) is 0 Å². The Balaban J connectivity index is 4.53. The summed E-state index contributed by atoms with van der Waals surface area (Å²) in [6.45, 7) is 0. The van der Waals surface area contributed by atoms with Crippen molar-refractivity contribution >= 4 is 21.9 Å². The first-order valence-corrected chi connectivity index (χ1v) is 7.64. The predicted molar refractivity (Wildman–Crippen MR) is 58.3 cm³/mol. The molecule has 3 nitrogen and oxygen atoms in total. The molecule has 0 aliphatic heterocycles. The zero-order valence-electron chi connectivity index (χ0n) is 8.22. The maximum absolute atomic E-state index is 3.80. The molecule has 0 amide bonds. The van der Waals surface area contributed by atoms with Gasteiger partial charge in [-0.15, -0.1) is 0 Å². The van der Waals surface area contributed by atoms with Crippen molar-refractivity contribution in [3.63, 3.8) is 0 Å². The molecule has 0 aromatic rings. The second-order valence-corrected chi connectivity index (χ2v) is 10.2. The molecular weight excluding hydrogens is 225 g/mol. The summed E-state index contributed by atoms with van der Waals surface area (Å²) >= 11 is 3.80. The van der Waals surface area contributed by atoms with Crippen LogP contribution in [0.4, 0.5) is 0 Å². The SMILES string of the molecule is CN(C)[PH](Br)(N(C)C)N(C)C. The van der Waals surface area contributed by atoms with E-state index in [-0.39, 0.29) is 0 Å². The number of hydrogen-bond acceptors (Lipinski definition) is 3. The minimum absolute atomic E-state index is 1.67. The van der Waals surface area contributed by atoms with Crippen LogP contribution < -0.4 is 0 Å². The van der Waals surface area contributed by atoms with Crippen LogP contribution in [0.2, 0.25) is 0 Å². The van der Waals surface area contributed by atoms with Gasteiger partial charge in [-0.3, -0.25) is 0 Å². The molecule has 0 atom stereocenters. The van der Waals surface area contributed by atoms with Crippen molar-refractivity contribution in [1.82, 2.24) is 14.0 Å². The van der Waals surface area contributed by atoms with Crippen LogP contribution >= 0.6 is 21.9 Å². The minimum atomic E-state index is -1.67. The number of rotatable bonds is 3. The van der Waals surface area contributed by atoms with Crippen LogP contribution in [0.1, 0.15) is 0 Å². The van der Waals surface area contributed by atoms with Crippen molar-refractivity contribution in [2.24, 2.45) is 0 Å². The van der Waals surface area contributed by atoms with Gasteiger partial charge in [0.2, 0.25) is 0 Å². The molecule has 70 valence electrons. The van der Waals surface area contributed by atoms with Crippen molar-refractivity contribution in [2.45, 2.75) is 0 Å². The summed E-state index contributed by atoms with van der Waals surface area (Å²) in [5.74, 6) is 0. The Morgan fingerprint density at radius 2 is 0.909 bits per heavy atom. The molecule has 0 rings (SSSR count). The first-order valence-electron chi connectivity index (χ1n) is 3.54. The van der Waals surface area contributed by atoms with Crippen molar-refractivity contribution in [1.29, 1.82) is 0 Å². The molecule has 0 saturated carbocycles. The molecule has 5 heteroatoms. The monoisotopic (exact) mass is 243 g/mol. The van der Waals surface area contributed by atoms with Crippen LogP contribution in [0, 0.1) is 0 Å². The molecule has 0 N–H and O–H groups in total. The summed E-state index contributed by atoms with van der Waals surface area (Å²) in [7, 11) is 12.6. The van der Waals surface area contributed by atoms with Gasteiger partial charge in [0.25, 0.3) is 0 Å². The van der Waals surface area contributed by atoms with E-state index in [0.29, 0.717) is 0 Å². The number of hydrogen-bond donors (Lipinski definition) is 0. The molecule has 0 bridgehead atoms. The van der Waals surface area contributed by atoms with Gasteiger partial charge in [0, 0.05) is 0 Å². The first kappa shape index (κ1) is 11.8. The summed E-state index contributed by atoms with van der Waals surface area (Å²) in [4.78, 5) is 0. The molecule has 0 fully saturated rings. The fourth-order valence-electron chi connectivity index (χ4n) is 1.20. The summed E-state index contributed by atoms with van der Waals surface area (Å²) in [6.07, 6.45) is -1.67. The Hall–Kier alpha value is 0.790. The van der Waals surface area contributed by atoms with Crippen LogP contribution in [0.3, 0.4) is 0 Å². The van der Waals surface area contributed by atoms with E-state index in [9.17, 15) is 0 Å². The van der Waals surface area contributed by atoms with Crippen LogP contribution in [-0.2, 0) is 0 Å². The topological polar surface area (TPSA) is 9.72 Å². The van der Waals surface area contributed by atoms with Gasteiger partial charge in [0.05, 0.1) is 0 Å². The molecule has 0 saturated heterocycles. The molecule has 0 heterocycles. The Kier molecular flexibility index (Phi) is 4.45. The van der Waals surface area contributed by atoms with E-state index in [1.54, 1.807) is 0 Å². The Bertz CT molecular complexity index is 105. The van der Waals surface area contributed by atoms with Crippen molar-refractivity contribution in [2.75, 3.05) is 42.3 Å². The number of nitrogens with zero attached hydrogens (tertiary/aromatic N) is 3. The molecule has 11 heavy (non-hydrogen) atoms. The van der Waals surface area contributed by atoms with Gasteiger partial charge in [-0.05, 0) is 0 Å². The zero-order chi connectivity index (χ0) is 9.23. The molecule has 0 unspecified atom stereocenters. The van der Waals surface area contributed by atoms with E-state index in [1.165, 1.54) is 0 Å². The summed E-state index contributed by atoms with van der Waals surface area (Å²) < 4.78 is 6.73. The third-order valence-electron chi connectivity index (χ3n) is 1.71. The Labute approximate surface area is 78.6 Å². The fourth-order valence-corrected chi connectivity index (χ4v) is 3.60. The quantitative estimate of drug-likeness (QED) is 0.696. The Morgan fingerprint density at radius 1 is 0.727 bits per heavy atom. The van der Waals surface area contributed by atoms with Crippen molar-refractivity contribution < 1.29 is 0 Å². The Morgan fingerprint density at radius 3 is 0.909 bits per heavy atom. The molecule has 0 radical (unpaired) electrons. The maximum atomic E-state index is 3.80. The van der Waals surface area contributed by atoms with Gasteiger partial charge in [-0.2, -0.15) is 0 Å². The van der Waals surface area contributed by atoms with Crippen molar-refractivity contribution in [3.05, 3.63) is 0 Å². The van der Waals surface area contributed by atoms with Gasteiger partial charge in [0.15, 0.2) is 0 Å². The van der Waals surface area contributed by atoms with E-state index in [4.69, 9.17) is 0 Å². The van der Waals surface area contributed by atoms with E-state index in [2.05, 4.69) is 71.8 Å². The van der Waals surface area contributed by atoms with E-state index < -0.39 is 6.42 Å².